The number of aliphatic hydroxyl groups excluding tert-OH is 2. The van der Waals surface area contributed by atoms with Crippen molar-refractivity contribution in [2.75, 3.05) is 6.61 Å². The van der Waals surface area contributed by atoms with E-state index in [1.165, 1.54) is 84.0 Å². The molecule has 5 nitrogen and oxygen atoms in total. The van der Waals surface area contributed by atoms with Gasteiger partial charge in [-0.3, -0.25) is 9.59 Å². The number of hydrogen-bond acceptors (Lipinski definition) is 4. The maximum Gasteiger partial charge on any atom is 0.284 e. The van der Waals surface area contributed by atoms with E-state index in [4.69, 9.17) is 15.9 Å². The molecule has 5 heteroatoms. The van der Waals surface area contributed by atoms with Crippen LogP contribution in [0.15, 0.2) is 0 Å². The molecule has 0 saturated carbocycles. The maximum atomic E-state index is 11.0. The summed E-state index contributed by atoms with van der Waals surface area (Å²) in [6.07, 6.45) is 17.8. The Morgan fingerprint density at radius 2 is 1.08 bits per heavy atom. The normalized spacial score (nSPS) is 11.5. The molecule has 4 N–H and O–H groups in total. The Morgan fingerprint density at radius 3 is 1.35 bits per heavy atom. The highest BCUT2D eigenvalue weighted by atomic mass is 16.3. The molecule has 0 radical (unpaired) electrons. The number of hydrogen-bond donors (Lipinski definition) is 3. The van der Waals surface area contributed by atoms with Gasteiger partial charge in [-0.05, 0) is 13.3 Å². The lowest BCUT2D eigenvalue weighted by atomic mass is 10.0. The number of unbranched alkanes of at least 4 members (excludes halogenated alkanes) is 13. The molecule has 0 aliphatic rings. The van der Waals surface area contributed by atoms with E-state index in [1.54, 1.807) is 0 Å². The Morgan fingerprint density at radius 1 is 0.769 bits per heavy atom. The molecule has 156 valence electrons. The zero-order valence-corrected chi connectivity index (χ0v) is 17.2. The highest BCUT2D eigenvalue weighted by Gasteiger charge is 2.07. The average Bonchev–Trinajstić information content (AvgIpc) is 2.62. The number of rotatable bonds is 17. The molecule has 1 unspecified atom stereocenters. The summed E-state index contributed by atoms with van der Waals surface area (Å²) in [5.41, 5.74) is 4.90. The number of amides is 1. The van der Waals surface area contributed by atoms with Crippen molar-refractivity contribution >= 4 is 11.7 Å². The van der Waals surface area contributed by atoms with E-state index in [2.05, 4.69) is 6.92 Å². The van der Waals surface area contributed by atoms with E-state index in [1.807, 2.05) is 0 Å². The van der Waals surface area contributed by atoms with Crippen molar-refractivity contribution in [1.82, 2.24) is 0 Å². The summed E-state index contributed by atoms with van der Waals surface area (Å²) in [6, 6.07) is 0. The van der Waals surface area contributed by atoms with Crippen LogP contribution in [0.4, 0.5) is 0 Å². The lowest BCUT2D eigenvalue weighted by molar-refractivity contribution is -0.136. The molecule has 0 aromatic carbocycles. The lowest BCUT2D eigenvalue weighted by Crippen LogP contribution is -2.22. The van der Waals surface area contributed by atoms with Gasteiger partial charge in [-0.1, -0.05) is 90.4 Å². The highest BCUT2D eigenvalue weighted by molar-refractivity contribution is 6.35. The van der Waals surface area contributed by atoms with Gasteiger partial charge in [-0.2, -0.15) is 0 Å². The number of ketones is 1. The molecular weight excluding hydrogens is 330 g/mol. The van der Waals surface area contributed by atoms with E-state index in [0.29, 0.717) is 6.42 Å². The third kappa shape index (κ3) is 25.3. The Bertz CT molecular complexity index is 319. The van der Waals surface area contributed by atoms with Crippen molar-refractivity contribution in [2.45, 2.75) is 116 Å². The second kappa shape index (κ2) is 22.1. The first-order chi connectivity index (χ1) is 12.5. The van der Waals surface area contributed by atoms with E-state index < -0.39 is 17.8 Å². The van der Waals surface area contributed by atoms with Crippen LogP contribution in [0.5, 0.6) is 0 Å². The van der Waals surface area contributed by atoms with Gasteiger partial charge < -0.3 is 15.9 Å². The van der Waals surface area contributed by atoms with Crippen molar-refractivity contribution in [3.05, 3.63) is 0 Å². The second-order valence-corrected chi connectivity index (χ2v) is 7.17. The molecule has 0 bridgehead atoms. The third-order valence-electron chi connectivity index (χ3n) is 4.30. The fourth-order valence-electron chi connectivity index (χ4n) is 2.60. The molecule has 0 spiro atoms. The summed E-state index contributed by atoms with van der Waals surface area (Å²) in [7, 11) is 0. The Labute approximate surface area is 160 Å². The van der Waals surface area contributed by atoms with Crippen LogP contribution in [0, 0.1) is 0 Å². The first kappa shape index (κ1) is 27.3. The van der Waals surface area contributed by atoms with Gasteiger partial charge in [0.2, 0.25) is 5.78 Å². The Hall–Kier alpha value is -0.940. The molecule has 26 heavy (non-hydrogen) atoms. The summed E-state index contributed by atoms with van der Waals surface area (Å²) in [5.74, 6) is -1.21. The zero-order chi connectivity index (χ0) is 20.0. The number of carbonyl (C=O) groups excluding carboxylic acids is 2. The molecule has 0 aromatic heterocycles. The topological polar surface area (TPSA) is 101 Å². The fraction of sp³-hybridized carbons (Fsp3) is 0.905. The molecule has 1 atom stereocenters. The van der Waals surface area contributed by atoms with E-state index in [-0.39, 0.29) is 6.61 Å². The van der Waals surface area contributed by atoms with Crippen molar-refractivity contribution in [1.29, 1.82) is 0 Å². The number of Topliss-reactive ketones (excluding diaryl/α,β-unsaturated/α-hetero) is 1. The van der Waals surface area contributed by atoms with E-state index >= 15 is 0 Å². The van der Waals surface area contributed by atoms with Crippen LogP contribution < -0.4 is 5.73 Å². The van der Waals surface area contributed by atoms with Gasteiger partial charge in [0, 0.05) is 6.42 Å². The number of aliphatic hydroxyl groups is 2. The van der Waals surface area contributed by atoms with Crippen LogP contribution in [0.1, 0.15) is 110 Å². The summed E-state index contributed by atoms with van der Waals surface area (Å²) in [5, 5.41) is 16.0. The van der Waals surface area contributed by atoms with Gasteiger partial charge in [-0.25, -0.2) is 0 Å². The smallest absolute Gasteiger partial charge is 0.284 e. The number of nitrogens with two attached hydrogens (primary N) is 1. The summed E-state index contributed by atoms with van der Waals surface area (Å²) in [6.45, 7) is 3.65. The molecule has 0 aliphatic carbocycles. The van der Waals surface area contributed by atoms with Gasteiger partial charge in [0.05, 0.1) is 12.7 Å². The molecule has 0 heterocycles. The van der Waals surface area contributed by atoms with Crippen molar-refractivity contribution < 1.29 is 19.8 Å². The monoisotopic (exact) mass is 373 g/mol. The first-order valence-corrected chi connectivity index (χ1v) is 10.6. The minimum Gasteiger partial charge on any atom is -0.394 e. The maximum absolute atomic E-state index is 11.0. The zero-order valence-electron chi connectivity index (χ0n) is 17.2. The lowest BCUT2D eigenvalue weighted by Gasteiger charge is -2.03. The van der Waals surface area contributed by atoms with Crippen LogP contribution in [0.3, 0.4) is 0 Å². The quantitative estimate of drug-likeness (QED) is 0.262. The highest BCUT2D eigenvalue weighted by Crippen LogP contribution is 2.13. The summed E-state index contributed by atoms with van der Waals surface area (Å²) < 4.78 is 0. The predicted molar refractivity (Wildman–Crippen MR) is 108 cm³/mol. The average molecular weight is 374 g/mol. The van der Waals surface area contributed by atoms with Crippen LogP contribution in [0.2, 0.25) is 0 Å². The third-order valence-corrected chi connectivity index (χ3v) is 4.30. The van der Waals surface area contributed by atoms with Crippen LogP contribution in [-0.4, -0.2) is 34.6 Å². The largest absolute Gasteiger partial charge is 0.394 e. The van der Waals surface area contributed by atoms with E-state index in [0.717, 1.165) is 12.8 Å². The first-order valence-electron chi connectivity index (χ1n) is 10.6. The number of primary amides is 1. The Balaban J connectivity index is 0. The fourth-order valence-corrected chi connectivity index (χ4v) is 2.60. The second-order valence-electron chi connectivity index (χ2n) is 7.17. The molecule has 0 aromatic rings. The van der Waals surface area contributed by atoms with Crippen molar-refractivity contribution in [3.63, 3.8) is 0 Å². The van der Waals surface area contributed by atoms with Gasteiger partial charge in [0.1, 0.15) is 0 Å². The van der Waals surface area contributed by atoms with E-state index in [9.17, 15) is 9.59 Å². The minimum atomic E-state index is -0.787. The molecule has 0 fully saturated rings. The van der Waals surface area contributed by atoms with Crippen LogP contribution in [-0.2, 0) is 9.59 Å². The molecule has 1 amide bonds. The van der Waals surface area contributed by atoms with Crippen LogP contribution >= 0.6 is 0 Å². The standard InChI is InChI=1S/C18H35NO2.C3H8O2/c1-2-3-4-5-6-7-8-9-10-11-12-13-14-15-16-17(20)18(19)21;1-3(5)2-4/h2-16H2,1H3,(H2,19,21);3-5H,2H2,1H3. The molecule has 0 saturated heterocycles. The van der Waals surface area contributed by atoms with Crippen molar-refractivity contribution in [3.8, 4) is 0 Å². The Kier molecular flexibility index (Phi) is 23.2. The predicted octanol–water partition coefficient (Wildman–Crippen LogP) is 4.27. The van der Waals surface area contributed by atoms with Gasteiger partial charge in [-0.15, -0.1) is 0 Å². The summed E-state index contributed by atoms with van der Waals surface area (Å²) >= 11 is 0. The van der Waals surface area contributed by atoms with Crippen molar-refractivity contribution in [2.24, 2.45) is 5.73 Å². The minimum absolute atomic E-state index is 0.139. The SMILES string of the molecule is CC(O)CO.CCCCCCCCCCCCCCCCC(=O)C(N)=O. The number of carbonyl (C=O) groups is 2. The summed E-state index contributed by atoms with van der Waals surface area (Å²) in [4.78, 5) is 21.5. The molecule has 0 rings (SSSR count). The molecule has 0 aliphatic heterocycles. The van der Waals surface area contributed by atoms with Gasteiger partial charge in [0.15, 0.2) is 0 Å². The van der Waals surface area contributed by atoms with Gasteiger partial charge in [0.25, 0.3) is 5.91 Å². The van der Waals surface area contributed by atoms with Crippen LogP contribution in [0.25, 0.3) is 0 Å². The molecular formula is C21H43NO4. The van der Waals surface area contributed by atoms with Gasteiger partial charge >= 0.3 is 0 Å².